The lowest BCUT2D eigenvalue weighted by Crippen LogP contribution is -2.05. The molecule has 1 fully saturated rings. The van der Waals surface area contributed by atoms with Gasteiger partial charge in [-0.05, 0) is 43.3 Å². The molecular formula is C13H12BrFN4OS. The van der Waals surface area contributed by atoms with E-state index in [9.17, 15) is 4.39 Å². The van der Waals surface area contributed by atoms with E-state index in [4.69, 9.17) is 17.0 Å². The fourth-order valence-electron chi connectivity index (χ4n) is 2.13. The SMILES string of the molecule is Fc1cc(Br)ccc1/C=N\n1c([C@H]2CCCO2)n[nH]c1=S. The summed E-state index contributed by atoms with van der Waals surface area (Å²) in [7, 11) is 0. The first kappa shape index (κ1) is 14.6. The monoisotopic (exact) mass is 370 g/mol. The highest BCUT2D eigenvalue weighted by Gasteiger charge is 2.23. The van der Waals surface area contributed by atoms with Crippen molar-refractivity contribution in [3.8, 4) is 0 Å². The molecule has 8 heteroatoms. The number of halogens is 2. The molecule has 0 bridgehead atoms. The zero-order valence-corrected chi connectivity index (χ0v) is 13.3. The van der Waals surface area contributed by atoms with E-state index < -0.39 is 0 Å². The minimum Gasteiger partial charge on any atom is -0.370 e. The number of rotatable bonds is 3. The lowest BCUT2D eigenvalue weighted by atomic mass is 10.2. The molecule has 3 rings (SSSR count). The largest absolute Gasteiger partial charge is 0.370 e. The Morgan fingerprint density at radius 3 is 3.14 bits per heavy atom. The minimum absolute atomic E-state index is 0.120. The van der Waals surface area contributed by atoms with Gasteiger partial charge in [-0.3, -0.25) is 5.10 Å². The van der Waals surface area contributed by atoms with Gasteiger partial charge in [-0.15, -0.1) is 0 Å². The summed E-state index contributed by atoms with van der Waals surface area (Å²) in [5.41, 5.74) is 0.375. The van der Waals surface area contributed by atoms with Gasteiger partial charge in [-0.25, -0.2) is 4.39 Å². The van der Waals surface area contributed by atoms with Crippen LogP contribution in [0.5, 0.6) is 0 Å². The fourth-order valence-corrected chi connectivity index (χ4v) is 2.65. The standard InChI is InChI=1S/C13H12BrFN4OS/c14-9-4-3-8(10(15)6-9)7-16-19-12(17-18-13(19)21)11-2-1-5-20-11/h3-4,6-7,11H,1-2,5H2,(H,18,21)/b16-7-/t11-/m1/s1. The summed E-state index contributed by atoms with van der Waals surface area (Å²) in [6, 6.07) is 4.77. The Balaban J connectivity index is 1.92. The molecule has 1 N–H and O–H groups in total. The van der Waals surface area contributed by atoms with E-state index in [-0.39, 0.29) is 11.9 Å². The third kappa shape index (κ3) is 3.12. The van der Waals surface area contributed by atoms with Gasteiger partial charge in [-0.2, -0.15) is 14.9 Å². The quantitative estimate of drug-likeness (QED) is 0.663. The van der Waals surface area contributed by atoms with E-state index in [1.165, 1.54) is 17.0 Å². The molecule has 110 valence electrons. The second-order valence-corrected chi connectivity index (χ2v) is 5.91. The van der Waals surface area contributed by atoms with Crippen LogP contribution in [0.1, 0.15) is 30.3 Å². The fraction of sp³-hybridized carbons (Fsp3) is 0.308. The number of aromatic amines is 1. The molecule has 0 aliphatic carbocycles. The molecule has 21 heavy (non-hydrogen) atoms. The van der Waals surface area contributed by atoms with Gasteiger partial charge in [0.1, 0.15) is 11.9 Å². The lowest BCUT2D eigenvalue weighted by Gasteiger charge is -2.07. The van der Waals surface area contributed by atoms with Gasteiger partial charge in [0, 0.05) is 16.6 Å². The summed E-state index contributed by atoms with van der Waals surface area (Å²) < 4.78 is 21.9. The molecule has 1 aromatic heterocycles. The molecule has 2 heterocycles. The predicted molar refractivity (Wildman–Crippen MR) is 82.4 cm³/mol. The first-order chi connectivity index (χ1) is 10.1. The Hall–Kier alpha value is -1.38. The van der Waals surface area contributed by atoms with Gasteiger partial charge < -0.3 is 4.74 Å². The van der Waals surface area contributed by atoms with E-state index in [1.807, 2.05) is 0 Å². The highest BCUT2D eigenvalue weighted by Crippen LogP contribution is 2.27. The molecule has 1 aliphatic rings. The first-order valence-corrected chi connectivity index (χ1v) is 7.63. The van der Waals surface area contributed by atoms with Crippen molar-refractivity contribution in [2.75, 3.05) is 6.61 Å². The molecule has 1 atom stereocenters. The summed E-state index contributed by atoms with van der Waals surface area (Å²) in [6.07, 6.45) is 3.16. The second-order valence-electron chi connectivity index (χ2n) is 4.61. The van der Waals surface area contributed by atoms with Crippen molar-refractivity contribution in [3.05, 3.63) is 44.6 Å². The van der Waals surface area contributed by atoms with Crippen LogP contribution in [0.25, 0.3) is 0 Å². The Bertz CT molecular complexity index is 736. The van der Waals surface area contributed by atoms with Crippen molar-refractivity contribution in [1.29, 1.82) is 0 Å². The third-order valence-corrected chi connectivity index (χ3v) is 3.93. The molecule has 1 aliphatic heterocycles. The van der Waals surface area contributed by atoms with Crippen molar-refractivity contribution >= 4 is 34.4 Å². The molecule has 0 saturated carbocycles. The Morgan fingerprint density at radius 2 is 2.43 bits per heavy atom. The maximum absolute atomic E-state index is 13.8. The minimum atomic E-state index is -0.359. The van der Waals surface area contributed by atoms with Crippen molar-refractivity contribution in [2.45, 2.75) is 18.9 Å². The third-order valence-electron chi connectivity index (χ3n) is 3.17. The number of benzene rings is 1. The van der Waals surface area contributed by atoms with Gasteiger partial charge in [-0.1, -0.05) is 15.9 Å². The highest BCUT2D eigenvalue weighted by atomic mass is 79.9. The lowest BCUT2D eigenvalue weighted by molar-refractivity contribution is 0.102. The molecule has 0 amide bonds. The molecule has 0 spiro atoms. The van der Waals surface area contributed by atoms with Crippen LogP contribution >= 0.6 is 28.1 Å². The van der Waals surface area contributed by atoms with E-state index in [2.05, 4.69) is 31.2 Å². The molecule has 2 aromatic rings. The Labute approximate surface area is 134 Å². The van der Waals surface area contributed by atoms with Gasteiger partial charge in [0.05, 0.1) is 6.21 Å². The van der Waals surface area contributed by atoms with Crippen LogP contribution in [0.2, 0.25) is 0 Å². The van der Waals surface area contributed by atoms with E-state index in [1.54, 1.807) is 12.1 Å². The van der Waals surface area contributed by atoms with Gasteiger partial charge >= 0.3 is 0 Å². The van der Waals surface area contributed by atoms with Crippen molar-refractivity contribution in [1.82, 2.24) is 14.9 Å². The zero-order valence-electron chi connectivity index (χ0n) is 10.9. The van der Waals surface area contributed by atoms with Crippen molar-refractivity contribution in [2.24, 2.45) is 5.10 Å². The van der Waals surface area contributed by atoms with Crippen LogP contribution in [-0.2, 0) is 4.74 Å². The van der Waals surface area contributed by atoms with Crippen LogP contribution in [-0.4, -0.2) is 27.7 Å². The zero-order chi connectivity index (χ0) is 14.8. The summed E-state index contributed by atoms with van der Waals surface area (Å²) >= 11 is 8.37. The number of hydrogen-bond donors (Lipinski definition) is 1. The average molecular weight is 371 g/mol. The van der Waals surface area contributed by atoms with E-state index in [0.717, 1.165) is 12.8 Å². The maximum atomic E-state index is 13.8. The molecule has 0 unspecified atom stereocenters. The Kier molecular flexibility index (Phi) is 4.27. The number of H-pyrrole nitrogens is 1. The number of nitrogens with zero attached hydrogens (tertiary/aromatic N) is 3. The smallest absolute Gasteiger partial charge is 0.216 e. The number of hydrogen-bond acceptors (Lipinski definition) is 4. The van der Waals surface area contributed by atoms with E-state index in [0.29, 0.717) is 27.2 Å². The molecule has 1 saturated heterocycles. The van der Waals surface area contributed by atoms with Crippen LogP contribution in [0.4, 0.5) is 4.39 Å². The van der Waals surface area contributed by atoms with Crippen molar-refractivity contribution < 1.29 is 9.13 Å². The Morgan fingerprint density at radius 1 is 1.57 bits per heavy atom. The number of nitrogens with one attached hydrogen (secondary N) is 1. The van der Waals surface area contributed by atoms with Gasteiger partial charge in [0.2, 0.25) is 4.77 Å². The van der Waals surface area contributed by atoms with Crippen LogP contribution in [0.3, 0.4) is 0 Å². The average Bonchev–Trinajstić information content (AvgIpc) is 3.08. The summed E-state index contributed by atoms with van der Waals surface area (Å²) in [6.45, 7) is 0.704. The predicted octanol–water partition coefficient (Wildman–Crippen LogP) is 3.58. The number of ether oxygens (including phenoxy) is 1. The first-order valence-electron chi connectivity index (χ1n) is 6.43. The van der Waals surface area contributed by atoms with E-state index >= 15 is 0 Å². The topological polar surface area (TPSA) is 55.2 Å². The normalized spacial score (nSPS) is 18.7. The van der Waals surface area contributed by atoms with Crippen molar-refractivity contribution in [3.63, 3.8) is 0 Å². The summed E-state index contributed by atoms with van der Waals surface area (Å²) in [5.74, 6) is 0.257. The second kappa shape index (κ2) is 6.17. The van der Waals surface area contributed by atoms with Crippen LogP contribution in [0.15, 0.2) is 27.8 Å². The molecule has 5 nitrogen and oxygen atoms in total. The molecule has 0 radical (unpaired) electrons. The molecule has 1 aromatic carbocycles. The maximum Gasteiger partial charge on any atom is 0.216 e. The number of aromatic nitrogens is 3. The van der Waals surface area contributed by atoms with Gasteiger partial charge in [0.15, 0.2) is 5.82 Å². The highest BCUT2D eigenvalue weighted by molar-refractivity contribution is 9.10. The summed E-state index contributed by atoms with van der Waals surface area (Å²) in [4.78, 5) is 0. The summed E-state index contributed by atoms with van der Waals surface area (Å²) in [5, 5.41) is 11.1. The van der Waals surface area contributed by atoms with Gasteiger partial charge in [0.25, 0.3) is 0 Å². The van der Waals surface area contributed by atoms with Crippen LogP contribution in [0, 0.1) is 10.6 Å². The van der Waals surface area contributed by atoms with Crippen LogP contribution < -0.4 is 0 Å². The molecular weight excluding hydrogens is 359 g/mol.